The van der Waals surface area contributed by atoms with Gasteiger partial charge in [0, 0.05) is 16.2 Å². The third kappa shape index (κ3) is 2.00. The van der Waals surface area contributed by atoms with Gasteiger partial charge >= 0.3 is 0 Å². The van der Waals surface area contributed by atoms with Crippen LogP contribution in [-0.4, -0.2) is 21.0 Å². The minimum atomic E-state index is -0.285. The van der Waals surface area contributed by atoms with Gasteiger partial charge in [0.05, 0.1) is 0 Å². The molecule has 0 radical (unpaired) electrons. The van der Waals surface area contributed by atoms with E-state index < -0.39 is 0 Å². The summed E-state index contributed by atoms with van der Waals surface area (Å²) >= 11 is 3.34. The summed E-state index contributed by atoms with van der Waals surface area (Å²) in [6, 6.07) is 4.64. The molecular formula is C14H10BrNO3. The van der Waals surface area contributed by atoms with E-state index in [1.165, 1.54) is 12.1 Å². The second kappa shape index (κ2) is 4.35. The number of phenols is 2. The number of hydrogen-bond acceptors (Lipinski definition) is 4. The highest BCUT2D eigenvalue weighted by molar-refractivity contribution is 9.10. The highest BCUT2D eigenvalue weighted by atomic mass is 79.9. The Kier molecular flexibility index (Phi) is 2.78. The number of fused-ring (bicyclic) bond motifs is 2. The molecule has 1 aliphatic rings. The van der Waals surface area contributed by atoms with Crippen molar-refractivity contribution in [3.05, 3.63) is 51.3 Å². The van der Waals surface area contributed by atoms with Crippen LogP contribution in [0.25, 0.3) is 0 Å². The van der Waals surface area contributed by atoms with E-state index in [1.807, 2.05) is 6.07 Å². The number of hydrogen-bond donors (Lipinski definition) is 2. The van der Waals surface area contributed by atoms with Gasteiger partial charge in [0.2, 0.25) is 5.78 Å². The van der Waals surface area contributed by atoms with Crippen molar-refractivity contribution in [1.29, 1.82) is 0 Å². The van der Waals surface area contributed by atoms with Crippen LogP contribution in [0, 0.1) is 0 Å². The number of carbonyl (C=O) groups is 1. The summed E-state index contributed by atoms with van der Waals surface area (Å²) in [4.78, 5) is 16.6. The zero-order chi connectivity index (χ0) is 13.6. The number of halogens is 1. The van der Waals surface area contributed by atoms with Crippen molar-refractivity contribution in [3.63, 3.8) is 0 Å². The summed E-state index contributed by atoms with van der Waals surface area (Å²) in [7, 11) is 0. The zero-order valence-electron chi connectivity index (χ0n) is 9.85. The Morgan fingerprint density at radius 1 is 1.05 bits per heavy atom. The summed E-state index contributed by atoms with van der Waals surface area (Å²) in [6.07, 6.45) is 2.88. The second-order valence-corrected chi connectivity index (χ2v) is 5.40. The highest BCUT2D eigenvalue weighted by Gasteiger charge is 2.24. The molecule has 0 spiro atoms. The summed E-state index contributed by atoms with van der Waals surface area (Å²) in [5.74, 6) is -0.704. The van der Waals surface area contributed by atoms with Crippen molar-refractivity contribution in [3.8, 4) is 11.5 Å². The third-order valence-electron chi connectivity index (χ3n) is 3.26. The SMILES string of the molecule is O=C1c2cc(O)c(O)cc2CCc2cc(Br)cnc21. The molecule has 0 fully saturated rings. The molecule has 0 bridgehead atoms. The maximum atomic E-state index is 12.4. The number of ketones is 1. The summed E-state index contributed by atoms with van der Waals surface area (Å²) in [5.41, 5.74) is 2.42. The Labute approximate surface area is 117 Å². The number of rotatable bonds is 0. The molecular weight excluding hydrogens is 310 g/mol. The number of phenolic OH excluding ortho intramolecular Hbond substituents is 2. The molecule has 0 unspecified atom stereocenters. The average Bonchev–Trinajstić information content (AvgIpc) is 2.50. The molecule has 0 saturated heterocycles. The first-order valence-electron chi connectivity index (χ1n) is 5.80. The number of nitrogens with zero attached hydrogens (tertiary/aromatic N) is 1. The van der Waals surface area contributed by atoms with Crippen molar-refractivity contribution in [2.75, 3.05) is 0 Å². The lowest BCUT2D eigenvalue weighted by atomic mass is 10.0. The van der Waals surface area contributed by atoms with Gasteiger partial charge in [-0.05, 0) is 58.1 Å². The summed E-state index contributed by atoms with van der Waals surface area (Å²) in [5, 5.41) is 19.1. The van der Waals surface area contributed by atoms with Gasteiger partial charge in [0.1, 0.15) is 5.69 Å². The van der Waals surface area contributed by atoms with Crippen LogP contribution in [-0.2, 0) is 12.8 Å². The topological polar surface area (TPSA) is 70.4 Å². The largest absolute Gasteiger partial charge is 0.504 e. The minimum absolute atomic E-state index is 0.202. The fourth-order valence-electron chi connectivity index (χ4n) is 2.31. The molecule has 0 saturated carbocycles. The number of aromatic nitrogens is 1. The van der Waals surface area contributed by atoms with Gasteiger partial charge in [-0.1, -0.05) is 0 Å². The van der Waals surface area contributed by atoms with Crippen LogP contribution >= 0.6 is 15.9 Å². The molecule has 96 valence electrons. The van der Waals surface area contributed by atoms with Crippen LogP contribution in [0.2, 0.25) is 0 Å². The number of aromatic hydroxyl groups is 2. The lowest BCUT2D eigenvalue weighted by molar-refractivity contribution is 0.103. The molecule has 5 heteroatoms. The Hall–Kier alpha value is -1.88. The fraction of sp³-hybridized carbons (Fsp3) is 0.143. The monoisotopic (exact) mass is 319 g/mol. The predicted molar refractivity (Wildman–Crippen MR) is 72.5 cm³/mol. The second-order valence-electron chi connectivity index (χ2n) is 4.49. The van der Waals surface area contributed by atoms with Crippen LogP contribution < -0.4 is 0 Å². The van der Waals surface area contributed by atoms with Crippen LogP contribution in [0.4, 0.5) is 0 Å². The maximum absolute atomic E-state index is 12.4. The van der Waals surface area contributed by atoms with Crippen molar-refractivity contribution in [2.24, 2.45) is 0 Å². The van der Waals surface area contributed by atoms with E-state index in [0.717, 1.165) is 15.6 Å². The molecule has 1 aromatic carbocycles. The molecule has 0 aliphatic heterocycles. The molecule has 3 rings (SSSR count). The Morgan fingerprint density at radius 3 is 2.53 bits per heavy atom. The zero-order valence-corrected chi connectivity index (χ0v) is 11.4. The normalized spacial score (nSPS) is 13.6. The first-order chi connectivity index (χ1) is 9.06. The van der Waals surface area contributed by atoms with Crippen LogP contribution in [0.3, 0.4) is 0 Å². The Balaban J connectivity index is 2.20. The van der Waals surface area contributed by atoms with Gasteiger partial charge in [-0.3, -0.25) is 9.78 Å². The van der Waals surface area contributed by atoms with E-state index >= 15 is 0 Å². The molecule has 1 aliphatic carbocycles. The Morgan fingerprint density at radius 2 is 1.74 bits per heavy atom. The number of carbonyl (C=O) groups excluding carboxylic acids is 1. The molecule has 19 heavy (non-hydrogen) atoms. The maximum Gasteiger partial charge on any atom is 0.212 e. The van der Waals surface area contributed by atoms with Gasteiger partial charge in [0.15, 0.2) is 11.5 Å². The fourth-order valence-corrected chi connectivity index (χ4v) is 2.69. The van der Waals surface area contributed by atoms with E-state index in [1.54, 1.807) is 6.20 Å². The van der Waals surface area contributed by atoms with Crippen LogP contribution in [0.5, 0.6) is 11.5 Å². The molecule has 0 amide bonds. The van der Waals surface area contributed by atoms with Crippen molar-refractivity contribution < 1.29 is 15.0 Å². The quantitative estimate of drug-likeness (QED) is 0.732. The summed E-state index contributed by atoms with van der Waals surface area (Å²) < 4.78 is 0.829. The van der Waals surface area contributed by atoms with Gasteiger partial charge in [-0.25, -0.2) is 0 Å². The molecule has 4 nitrogen and oxygen atoms in total. The van der Waals surface area contributed by atoms with E-state index in [0.29, 0.717) is 24.1 Å². The van der Waals surface area contributed by atoms with Crippen LogP contribution in [0.15, 0.2) is 28.9 Å². The third-order valence-corrected chi connectivity index (χ3v) is 3.69. The molecule has 2 aromatic rings. The van der Waals surface area contributed by atoms with Crippen molar-refractivity contribution >= 4 is 21.7 Å². The van der Waals surface area contributed by atoms with Gasteiger partial charge < -0.3 is 10.2 Å². The first kappa shape index (κ1) is 12.2. The van der Waals surface area contributed by atoms with Crippen molar-refractivity contribution in [1.82, 2.24) is 4.98 Å². The van der Waals surface area contributed by atoms with E-state index in [2.05, 4.69) is 20.9 Å². The number of pyridine rings is 1. The highest BCUT2D eigenvalue weighted by Crippen LogP contribution is 2.33. The lowest BCUT2D eigenvalue weighted by Crippen LogP contribution is -2.06. The van der Waals surface area contributed by atoms with E-state index in [9.17, 15) is 15.0 Å². The predicted octanol–water partition coefficient (Wildman–Crippen LogP) is 2.58. The molecule has 1 aromatic heterocycles. The van der Waals surface area contributed by atoms with Crippen LogP contribution in [0.1, 0.15) is 27.2 Å². The van der Waals surface area contributed by atoms with E-state index in [-0.39, 0.29) is 17.3 Å². The lowest BCUT2D eigenvalue weighted by Gasteiger charge is -2.06. The van der Waals surface area contributed by atoms with E-state index in [4.69, 9.17) is 0 Å². The van der Waals surface area contributed by atoms with Gasteiger partial charge in [-0.15, -0.1) is 0 Å². The average molecular weight is 320 g/mol. The first-order valence-corrected chi connectivity index (χ1v) is 6.59. The molecule has 1 heterocycles. The smallest absolute Gasteiger partial charge is 0.212 e. The number of benzene rings is 1. The Bertz CT molecular complexity index is 697. The standard InChI is InChI=1S/C14H10BrNO3/c15-9-3-8-2-1-7-4-11(17)12(18)5-10(7)14(19)13(8)16-6-9/h3-6,17-18H,1-2H2. The minimum Gasteiger partial charge on any atom is -0.504 e. The van der Waals surface area contributed by atoms with Gasteiger partial charge in [0.25, 0.3) is 0 Å². The summed E-state index contributed by atoms with van der Waals surface area (Å²) in [6.45, 7) is 0. The number of aryl methyl sites for hydroxylation is 2. The van der Waals surface area contributed by atoms with Crippen molar-refractivity contribution in [2.45, 2.75) is 12.8 Å². The van der Waals surface area contributed by atoms with Gasteiger partial charge in [-0.2, -0.15) is 0 Å². The molecule has 2 N–H and O–H groups in total. The molecule has 0 atom stereocenters.